The molecule has 2 aliphatic heterocycles. The van der Waals surface area contributed by atoms with Crippen molar-refractivity contribution in [2.75, 3.05) is 38.9 Å². The summed E-state index contributed by atoms with van der Waals surface area (Å²) in [6, 6.07) is 1.98. The molecule has 1 saturated heterocycles. The van der Waals surface area contributed by atoms with E-state index in [0.29, 0.717) is 37.4 Å². The molecular weight excluding hydrogens is 437 g/mol. The zero-order chi connectivity index (χ0) is 23.7. The maximum absolute atomic E-state index is 14.4. The van der Waals surface area contributed by atoms with E-state index < -0.39 is 5.82 Å². The first-order chi connectivity index (χ1) is 16.5. The van der Waals surface area contributed by atoms with Crippen molar-refractivity contribution in [1.82, 2.24) is 29.4 Å². The second-order valence-corrected chi connectivity index (χ2v) is 9.28. The number of fused-ring (bicyclic) bond motifs is 1. The number of halogens is 1. The number of hydrogen-bond donors (Lipinski definition) is 1. The van der Waals surface area contributed by atoms with Crippen molar-refractivity contribution >= 4 is 5.82 Å². The van der Waals surface area contributed by atoms with Crippen molar-refractivity contribution in [3.05, 3.63) is 36.0 Å². The van der Waals surface area contributed by atoms with Crippen molar-refractivity contribution in [3.8, 4) is 22.8 Å². The van der Waals surface area contributed by atoms with Crippen LogP contribution < -0.4 is 10.1 Å². The zero-order valence-corrected chi connectivity index (χ0v) is 20.0. The number of rotatable bonds is 6. The highest BCUT2D eigenvalue weighted by molar-refractivity contribution is 5.70. The van der Waals surface area contributed by atoms with E-state index in [9.17, 15) is 4.39 Å². The Labute approximate surface area is 198 Å². The van der Waals surface area contributed by atoms with E-state index in [4.69, 9.17) is 14.6 Å². The quantitative estimate of drug-likeness (QED) is 0.593. The molecule has 0 atom stereocenters. The first-order valence-electron chi connectivity index (χ1n) is 11.9. The van der Waals surface area contributed by atoms with Crippen molar-refractivity contribution in [1.29, 1.82) is 0 Å². The number of nitrogens with zero attached hydrogens (tertiary/aromatic N) is 6. The number of pyridine rings is 1. The summed E-state index contributed by atoms with van der Waals surface area (Å²) in [5.41, 5.74) is 3.31. The first kappa shape index (κ1) is 22.8. The van der Waals surface area contributed by atoms with Crippen LogP contribution in [0.4, 0.5) is 10.2 Å². The van der Waals surface area contributed by atoms with Gasteiger partial charge in [0.2, 0.25) is 5.88 Å². The summed E-state index contributed by atoms with van der Waals surface area (Å²) in [5.74, 6) is 0.833. The number of anilines is 1. The third kappa shape index (κ3) is 4.52. The fourth-order valence-electron chi connectivity index (χ4n) is 4.84. The van der Waals surface area contributed by atoms with Gasteiger partial charge in [0.05, 0.1) is 31.8 Å². The third-order valence-electron chi connectivity index (χ3n) is 6.78. The zero-order valence-electron chi connectivity index (χ0n) is 20.0. The SMILES string of the molecule is COc1ncc(-n2nc(-c3cnn(CC4CCN(C(C)C)CC4)c3)c3c2NCOCC3)cc1F. The van der Waals surface area contributed by atoms with Crippen LogP contribution in [0.5, 0.6) is 5.88 Å². The third-order valence-corrected chi connectivity index (χ3v) is 6.78. The molecule has 182 valence electrons. The number of ether oxygens (including phenoxy) is 2. The molecule has 10 heteroatoms. The largest absolute Gasteiger partial charge is 0.479 e. The molecule has 0 spiro atoms. The van der Waals surface area contributed by atoms with Gasteiger partial charge in [-0.15, -0.1) is 0 Å². The minimum Gasteiger partial charge on any atom is -0.479 e. The molecule has 3 aromatic heterocycles. The molecular formula is C24H32FN7O2. The molecule has 1 fully saturated rings. The Balaban J connectivity index is 1.41. The molecule has 0 unspecified atom stereocenters. The molecule has 0 radical (unpaired) electrons. The van der Waals surface area contributed by atoms with Crippen molar-refractivity contribution in [3.63, 3.8) is 0 Å². The maximum Gasteiger partial charge on any atom is 0.250 e. The first-order valence-corrected chi connectivity index (χ1v) is 11.9. The van der Waals surface area contributed by atoms with Crippen molar-refractivity contribution < 1.29 is 13.9 Å². The fourth-order valence-corrected chi connectivity index (χ4v) is 4.84. The van der Waals surface area contributed by atoms with Crippen LogP contribution >= 0.6 is 0 Å². The lowest BCUT2D eigenvalue weighted by atomic mass is 9.96. The minimum atomic E-state index is -0.535. The number of hydrogen-bond acceptors (Lipinski definition) is 7. The van der Waals surface area contributed by atoms with Crippen LogP contribution in [0.1, 0.15) is 32.3 Å². The smallest absolute Gasteiger partial charge is 0.250 e. The molecule has 0 bridgehead atoms. The van der Waals surface area contributed by atoms with Gasteiger partial charge in [0.1, 0.15) is 18.2 Å². The van der Waals surface area contributed by atoms with Gasteiger partial charge in [-0.1, -0.05) is 0 Å². The summed E-state index contributed by atoms with van der Waals surface area (Å²) in [6.45, 7) is 8.66. The lowest BCUT2D eigenvalue weighted by Gasteiger charge is -2.34. The molecule has 5 rings (SSSR count). The predicted octanol–water partition coefficient (Wildman–Crippen LogP) is 3.34. The Kier molecular flexibility index (Phi) is 6.51. The summed E-state index contributed by atoms with van der Waals surface area (Å²) >= 11 is 0. The van der Waals surface area contributed by atoms with Crippen LogP contribution in [0, 0.1) is 11.7 Å². The average molecular weight is 470 g/mol. The van der Waals surface area contributed by atoms with E-state index in [1.807, 2.05) is 10.9 Å². The molecule has 34 heavy (non-hydrogen) atoms. The van der Waals surface area contributed by atoms with Crippen LogP contribution in [0.2, 0.25) is 0 Å². The second kappa shape index (κ2) is 9.71. The second-order valence-electron chi connectivity index (χ2n) is 9.28. The van der Waals surface area contributed by atoms with Crippen LogP contribution in [-0.2, 0) is 17.7 Å². The highest BCUT2D eigenvalue weighted by Crippen LogP contribution is 2.33. The van der Waals surface area contributed by atoms with Crippen LogP contribution in [-0.4, -0.2) is 69.0 Å². The van der Waals surface area contributed by atoms with Gasteiger partial charge in [-0.3, -0.25) is 4.68 Å². The van der Waals surface area contributed by atoms with Crippen molar-refractivity contribution in [2.24, 2.45) is 5.92 Å². The number of methoxy groups -OCH3 is 1. The van der Waals surface area contributed by atoms with Gasteiger partial charge in [-0.25, -0.2) is 14.1 Å². The number of aromatic nitrogens is 5. The molecule has 2 aliphatic rings. The minimum absolute atomic E-state index is 0.0426. The van der Waals surface area contributed by atoms with Crippen LogP contribution in [0.15, 0.2) is 24.7 Å². The molecule has 5 heterocycles. The summed E-state index contributed by atoms with van der Waals surface area (Å²) in [5, 5.41) is 12.8. The van der Waals surface area contributed by atoms with E-state index in [2.05, 4.69) is 40.3 Å². The predicted molar refractivity (Wildman–Crippen MR) is 127 cm³/mol. The number of piperidine rings is 1. The molecule has 0 saturated carbocycles. The maximum atomic E-state index is 14.4. The Morgan fingerprint density at radius 1 is 1.26 bits per heavy atom. The van der Waals surface area contributed by atoms with Crippen molar-refractivity contribution in [2.45, 2.75) is 45.7 Å². The Bertz CT molecular complexity index is 1130. The van der Waals surface area contributed by atoms with Gasteiger partial charge < -0.3 is 19.7 Å². The van der Waals surface area contributed by atoms with Gasteiger partial charge >= 0.3 is 0 Å². The highest BCUT2D eigenvalue weighted by atomic mass is 19.1. The van der Waals surface area contributed by atoms with E-state index in [0.717, 1.165) is 42.3 Å². The Morgan fingerprint density at radius 2 is 2.09 bits per heavy atom. The van der Waals surface area contributed by atoms with E-state index in [1.54, 1.807) is 10.9 Å². The van der Waals surface area contributed by atoms with Crippen LogP contribution in [0.25, 0.3) is 16.9 Å². The lowest BCUT2D eigenvalue weighted by molar-refractivity contribution is 0.140. The molecule has 0 aromatic carbocycles. The molecule has 1 N–H and O–H groups in total. The molecule has 0 amide bonds. The summed E-state index contributed by atoms with van der Waals surface area (Å²) < 4.78 is 28.7. The summed E-state index contributed by atoms with van der Waals surface area (Å²) in [7, 11) is 1.40. The highest BCUT2D eigenvalue weighted by Gasteiger charge is 2.25. The summed E-state index contributed by atoms with van der Waals surface area (Å²) in [6.07, 6.45) is 8.57. The van der Waals surface area contributed by atoms with Gasteiger partial charge in [0.25, 0.3) is 0 Å². The van der Waals surface area contributed by atoms with E-state index in [-0.39, 0.29) is 5.88 Å². The average Bonchev–Trinajstić information content (AvgIpc) is 3.36. The standard InChI is InChI=1S/C24H32FN7O2/c1-16(2)30-7-4-17(5-8-30)13-31-14-18(11-28-31)22-20-6-9-34-15-27-23(20)32(29-22)19-10-21(25)24(33-3)26-12-19/h10-12,14,16-17,27H,4-9,13,15H2,1-3H3. The fraction of sp³-hybridized carbons (Fsp3) is 0.542. The lowest BCUT2D eigenvalue weighted by Crippen LogP contribution is -2.39. The van der Waals surface area contributed by atoms with Crippen LogP contribution in [0.3, 0.4) is 0 Å². The topological polar surface area (TPSA) is 82.3 Å². The van der Waals surface area contributed by atoms with E-state index in [1.165, 1.54) is 26.0 Å². The van der Waals surface area contributed by atoms with E-state index >= 15 is 0 Å². The monoisotopic (exact) mass is 469 g/mol. The normalized spacial score (nSPS) is 17.4. The molecule has 0 aliphatic carbocycles. The van der Waals surface area contributed by atoms with Gasteiger partial charge in [-0.05, 0) is 45.7 Å². The van der Waals surface area contributed by atoms with Gasteiger partial charge in [-0.2, -0.15) is 10.2 Å². The Morgan fingerprint density at radius 3 is 2.82 bits per heavy atom. The van der Waals surface area contributed by atoms with Gasteiger partial charge in [0.15, 0.2) is 5.82 Å². The Hall–Kier alpha value is -2.98. The van der Waals surface area contributed by atoms with Gasteiger partial charge in [0, 0.05) is 42.4 Å². The number of likely N-dealkylation sites (tertiary alicyclic amines) is 1. The summed E-state index contributed by atoms with van der Waals surface area (Å²) in [4.78, 5) is 6.62. The molecule has 9 nitrogen and oxygen atoms in total. The molecule has 3 aromatic rings. The number of nitrogens with one attached hydrogen (secondary N) is 1.